The zero-order valence-corrected chi connectivity index (χ0v) is 22.2. The monoisotopic (exact) mass is 523 g/mol. The van der Waals surface area contributed by atoms with E-state index in [1.54, 1.807) is 33.7 Å². The highest BCUT2D eigenvalue weighted by Crippen LogP contribution is 2.33. The van der Waals surface area contributed by atoms with Gasteiger partial charge >= 0.3 is 0 Å². The van der Waals surface area contributed by atoms with Crippen LogP contribution in [0.2, 0.25) is 0 Å². The van der Waals surface area contributed by atoms with Crippen molar-refractivity contribution in [2.45, 2.75) is 57.5 Å². The number of rotatable bonds is 6. The van der Waals surface area contributed by atoms with Gasteiger partial charge in [0.25, 0.3) is 5.91 Å². The number of thiazole rings is 1. The summed E-state index contributed by atoms with van der Waals surface area (Å²) in [5.41, 5.74) is 3.54. The molecule has 0 aliphatic carbocycles. The lowest BCUT2D eigenvalue weighted by atomic mass is 10.1. The summed E-state index contributed by atoms with van der Waals surface area (Å²) in [5, 5.41) is 0.565. The predicted octanol–water partition coefficient (Wildman–Crippen LogP) is 5.92. The van der Waals surface area contributed by atoms with Crippen LogP contribution >= 0.6 is 11.3 Å². The number of aromatic nitrogens is 1. The number of hydrogen-bond acceptors (Lipinski definition) is 6. The first kappa shape index (κ1) is 24.7. The maximum atomic E-state index is 13.7. The second-order valence-electron chi connectivity index (χ2n) is 9.36. The standard InChI is InChI=1S/C27H29N3O4S2/c1-18-15-24-25(16-19(18)2)35-27(28-24)29(17-22-8-6-14-34-22)26(31)21-9-11-23(12-10-21)36(32,33)30-13-5-4-7-20(30)3/h6,8-12,14-16,20H,4-5,7,13,17H2,1-3H3. The summed E-state index contributed by atoms with van der Waals surface area (Å²) < 4.78 is 34.5. The third-order valence-electron chi connectivity index (χ3n) is 6.81. The van der Waals surface area contributed by atoms with Gasteiger partial charge in [0.1, 0.15) is 5.76 Å². The molecule has 0 N–H and O–H groups in total. The van der Waals surface area contributed by atoms with E-state index in [1.165, 1.54) is 29.0 Å². The first-order valence-corrected chi connectivity index (χ1v) is 14.3. The maximum absolute atomic E-state index is 13.7. The van der Waals surface area contributed by atoms with Crippen LogP contribution < -0.4 is 4.90 Å². The number of benzene rings is 2. The van der Waals surface area contributed by atoms with Gasteiger partial charge in [-0.05, 0) is 93.3 Å². The highest BCUT2D eigenvalue weighted by molar-refractivity contribution is 7.89. The third kappa shape index (κ3) is 4.70. The van der Waals surface area contributed by atoms with Crippen LogP contribution in [0.1, 0.15) is 53.4 Å². The molecule has 1 unspecified atom stereocenters. The molecule has 0 bridgehead atoms. The Morgan fingerprint density at radius 3 is 2.58 bits per heavy atom. The normalized spacial score (nSPS) is 16.9. The average molecular weight is 524 g/mol. The highest BCUT2D eigenvalue weighted by Gasteiger charge is 2.31. The molecule has 1 fully saturated rings. The van der Waals surface area contributed by atoms with Gasteiger partial charge < -0.3 is 4.42 Å². The number of amides is 1. The molecule has 3 heterocycles. The molecular weight excluding hydrogens is 494 g/mol. The van der Waals surface area contributed by atoms with E-state index in [1.807, 2.05) is 26.0 Å². The van der Waals surface area contributed by atoms with Gasteiger partial charge in [-0.1, -0.05) is 17.8 Å². The number of fused-ring (bicyclic) bond motifs is 1. The lowest BCUT2D eigenvalue weighted by Gasteiger charge is -2.32. The molecule has 9 heteroatoms. The van der Waals surface area contributed by atoms with E-state index in [0.29, 0.717) is 23.0 Å². The number of aryl methyl sites for hydroxylation is 2. The number of carbonyl (C=O) groups excluding carboxylic acids is 1. The molecule has 7 nitrogen and oxygen atoms in total. The van der Waals surface area contributed by atoms with E-state index in [2.05, 4.69) is 13.0 Å². The van der Waals surface area contributed by atoms with Crippen molar-refractivity contribution < 1.29 is 17.6 Å². The highest BCUT2D eigenvalue weighted by atomic mass is 32.2. The minimum Gasteiger partial charge on any atom is -0.467 e. The second-order valence-corrected chi connectivity index (χ2v) is 12.3. The van der Waals surface area contributed by atoms with Gasteiger partial charge in [0.15, 0.2) is 5.13 Å². The Morgan fingerprint density at radius 2 is 1.89 bits per heavy atom. The number of furan rings is 1. The van der Waals surface area contributed by atoms with Crippen molar-refractivity contribution in [2.75, 3.05) is 11.4 Å². The molecule has 0 radical (unpaired) electrons. The minimum atomic E-state index is -3.61. The Labute approximate surface area is 215 Å². The van der Waals surface area contributed by atoms with Crippen LogP contribution in [-0.2, 0) is 16.6 Å². The van der Waals surface area contributed by atoms with Gasteiger partial charge in [-0.25, -0.2) is 13.4 Å². The molecule has 1 aliphatic rings. The second kappa shape index (κ2) is 9.80. The van der Waals surface area contributed by atoms with Crippen molar-refractivity contribution in [2.24, 2.45) is 0 Å². The third-order valence-corrected chi connectivity index (χ3v) is 9.88. The van der Waals surface area contributed by atoms with Crippen molar-refractivity contribution in [1.29, 1.82) is 0 Å². The van der Waals surface area contributed by atoms with Gasteiger partial charge in [0, 0.05) is 18.2 Å². The topological polar surface area (TPSA) is 83.7 Å². The molecule has 5 rings (SSSR count). The van der Waals surface area contributed by atoms with Gasteiger partial charge in [0.2, 0.25) is 10.0 Å². The molecule has 1 atom stereocenters. The Kier molecular flexibility index (Phi) is 6.72. The van der Waals surface area contributed by atoms with Crippen molar-refractivity contribution in [3.8, 4) is 0 Å². The fourth-order valence-electron chi connectivity index (χ4n) is 4.56. The number of sulfonamides is 1. The molecular formula is C27H29N3O4S2. The fraction of sp³-hybridized carbons (Fsp3) is 0.333. The van der Waals surface area contributed by atoms with E-state index in [9.17, 15) is 13.2 Å². The Bertz CT molecular complexity index is 1450. The summed E-state index contributed by atoms with van der Waals surface area (Å²) in [6.07, 6.45) is 4.34. The summed E-state index contributed by atoms with van der Waals surface area (Å²) in [7, 11) is -3.61. The molecule has 1 amide bonds. The summed E-state index contributed by atoms with van der Waals surface area (Å²) in [6, 6.07) is 13.9. The minimum absolute atomic E-state index is 0.0276. The van der Waals surface area contributed by atoms with Gasteiger partial charge in [0.05, 0.1) is 27.9 Å². The summed E-state index contributed by atoms with van der Waals surface area (Å²) in [6.45, 7) is 6.79. The number of hydrogen-bond donors (Lipinski definition) is 0. The van der Waals surface area contributed by atoms with E-state index in [4.69, 9.17) is 9.40 Å². The molecule has 36 heavy (non-hydrogen) atoms. The Balaban J connectivity index is 1.47. The molecule has 2 aromatic heterocycles. The van der Waals surface area contributed by atoms with E-state index >= 15 is 0 Å². The first-order valence-electron chi connectivity index (χ1n) is 12.1. The van der Waals surface area contributed by atoms with Crippen molar-refractivity contribution in [3.63, 3.8) is 0 Å². The van der Waals surface area contributed by atoms with Crippen LogP contribution in [0.3, 0.4) is 0 Å². The van der Waals surface area contributed by atoms with Crippen LogP contribution in [0.4, 0.5) is 5.13 Å². The SMILES string of the molecule is Cc1cc2nc(N(Cc3ccco3)C(=O)c3ccc(S(=O)(=O)N4CCCCC4C)cc3)sc2cc1C. The van der Waals surface area contributed by atoms with Crippen LogP contribution in [0.25, 0.3) is 10.2 Å². The zero-order valence-electron chi connectivity index (χ0n) is 20.6. The van der Waals surface area contributed by atoms with Crippen molar-refractivity contribution in [1.82, 2.24) is 9.29 Å². The zero-order chi connectivity index (χ0) is 25.4. The van der Waals surface area contributed by atoms with E-state index in [-0.39, 0.29) is 23.4 Å². The number of nitrogens with zero attached hydrogens (tertiary/aromatic N) is 3. The molecule has 4 aromatic rings. The summed E-state index contributed by atoms with van der Waals surface area (Å²) >= 11 is 1.45. The Hall–Kier alpha value is -3.01. The summed E-state index contributed by atoms with van der Waals surface area (Å²) in [4.78, 5) is 20.2. The Morgan fingerprint density at radius 1 is 1.14 bits per heavy atom. The molecule has 0 saturated carbocycles. The van der Waals surface area contributed by atoms with E-state index < -0.39 is 10.0 Å². The molecule has 1 aliphatic heterocycles. The lowest BCUT2D eigenvalue weighted by molar-refractivity contribution is 0.0983. The van der Waals surface area contributed by atoms with Gasteiger partial charge in [-0.2, -0.15) is 4.31 Å². The fourth-order valence-corrected chi connectivity index (χ4v) is 7.30. The van der Waals surface area contributed by atoms with Gasteiger partial charge in [-0.15, -0.1) is 0 Å². The smallest absolute Gasteiger partial charge is 0.260 e. The van der Waals surface area contributed by atoms with Gasteiger partial charge in [-0.3, -0.25) is 9.69 Å². The lowest BCUT2D eigenvalue weighted by Crippen LogP contribution is -2.41. The maximum Gasteiger partial charge on any atom is 0.260 e. The van der Waals surface area contributed by atoms with Crippen LogP contribution in [0.15, 0.2) is 64.1 Å². The van der Waals surface area contributed by atoms with Crippen molar-refractivity contribution >= 4 is 42.6 Å². The largest absolute Gasteiger partial charge is 0.467 e. The summed E-state index contributed by atoms with van der Waals surface area (Å²) in [5.74, 6) is 0.363. The first-order chi connectivity index (χ1) is 17.2. The molecule has 0 spiro atoms. The van der Waals surface area contributed by atoms with Crippen LogP contribution in [0.5, 0.6) is 0 Å². The number of carbonyl (C=O) groups is 1. The average Bonchev–Trinajstić information content (AvgIpc) is 3.52. The van der Waals surface area contributed by atoms with Crippen LogP contribution in [0, 0.1) is 13.8 Å². The van der Waals surface area contributed by atoms with E-state index in [0.717, 1.165) is 35.0 Å². The van der Waals surface area contributed by atoms with Crippen molar-refractivity contribution in [3.05, 3.63) is 77.2 Å². The predicted molar refractivity (Wildman–Crippen MR) is 142 cm³/mol. The number of anilines is 1. The molecule has 1 saturated heterocycles. The number of piperidine rings is 1. The van der Waals surface area contributed by atoms with Crippen LogP contribution in [-0.4, -0.2) is 36.2 Å². The molecule has 2 aromatic carbocycles. The quantitative estimate of drug-likeness (QED) is 0.313. The molecule has 188 valence electrons.